The fourth-order valence-electron chi connectivity index (χ4n) is 0.523. The van der Waals surface area contributed by atoms with Crippen molar-refractivity contribution in [1.29, 1.82) is 0 Å². The predicted molar refractivity (Wildman–Crippen MR) is 101 cm³/mol. The topological polar surface area (TPSA) is 163 Å². The average molecular weight is 400 g/mol. The van der Waals surface area contributed by atoms with E-state index in [2.05, 4.69) is 22.2 Å². The standard InChI is InChI=1S/C4H12O6P2.C2H4.2H3N.5Na.5H/c5-11(6)9-3-1-2-4-10-12(7)8;1-2;;;;;;;;;;;;/h11-12H,1-4H2,(H,5,6)(H,7,8);1-2H2;2*1H3;;;;;;;;;;. The van der Waals surface area contributed by atoms with Crippen molar-refractivity contribution in [2.75, 3.05) is 13.2 Å². The first kappa shape index (κ1) is 56.2. The van der Waals surface area contributed by atoms with Crippen LogP contribution < -0.4 is 12.3 Å². The molecular formula is C6H27N2Na5O6P2. The van der Waals surface area contributed by atoms with Crippen molar-refractivity contribution in [1.82, 2.24) is 12.3 Å². The SMILES string of the molecule is C=C.N.N.O=[PH](O)OCCCCO[PH](=O)O.[NaH].[NaH].[NaH].[NaH].[NaH]. The van der Waals surface area contributed by atoms with Crippen LogP contribution in [0.4, 0.5) is 0 Å². The Morgan fingerprint density at radius 3 is 1.05 bits per heavy atom. The molecule has 8 N–H and O–H groups in total. The van der Waals surface area contributed by atoms with Crippen LogP contribution in [0.5, 0.6) is 0 Å². The monoisotopic (exact) mass is 400 g/mol. The molecule has 0 aromatic rings. The average Bonchev–Trinajstić information content (AvgIpc) is 2.13. The molecular weight excluding hydrogens is 373 g/mol. The molecule has 2 unspecified atom stereocenters. The molecule has 0 fully saturated rings. The van der Waals surface area contributed by atoms with Crippen molar-refractivity contribution < 1.29 is 28.0 Å². The normalized spacial score (nSPS) is 9.24. The molecule has 21 heavy (non-hydrogen) atoms. The van der Waals surface area contributed by atoms with Crippen LogP contribution in [0.25, 0.3) is 0 Å². The Morgan fingerprint density at radius 1 is 0.714 bits per heavy atom. The van der Waals surface area contributed by atoms with Crippen molar-refractivity contribution in [3.8, 4) is 0 Å². The van der Waals surface area contributed by atoms with Crippen LogP contribution in [0, 0.1) is 0 Å². The van der Waals surface area contributed by atoms with Crippen molar-refractivity contribution >= 4 is 164 Å². The van der Waals surface area contributed by atoms with Gasteiger partial charge in [-0.25, -0.2) is 0 Å². The zero-order chi connectivity index (χ0) is 11.4. The predicted octanol–water partition coefficient (Wildman–Crippen LogP) is -1.55. The summed E-state index contributed by atoms with van der Waals surface area (Å²) in [6.45, 7) is 6.34. The van der Waals surface area contributed by atoms with Gasteiger partial charge in [-0.15, -0.1) is 13.2 Å². The molecule has 8 nitrogen and oxygen atoms in total. The molecule has 0 saturated heterocycles. The van der Waals surface area contributed by atoms with E-state index in [0.29, 0.717) is 12.8 Å². The van der Waals surface area contributed by atoms with E-state index in [0.717, 1.165) is 0 Å². The van der Waals surface area contributed by atoms with Crippen molar-refractivity contribution in [3.63, 3.8) is 0 Å². The third-order valence-corrected chi connectivity index (χ3v) is 1.89. The van der Waals surface area contributed by atoms with Crippen LogP contribution in [0.15, 0.2) is 13.2 Å². The third-order valence-electron chi connectivity index (χ3n) is 0.990. The molecule has 0 saturated carbocycles. The first-order valence-electron chi connectivity index (χ1n) is 3.84. The van der Waals surface area contributed by atoms with Crippen LogP contribution in [-0.4, -0.2) is 171 Å². The molecule has 0 heterocycles. The molecule has 0 aliphatic carbocycles. The van der Waals surface area contributed by atoms with Gasteiger partial charge in [0.2, 0.25) is 0 Å². The molecule has 0 spiro atoms. The van der Waals surface area contributed by atoms with Crippen LogP contribution >= 0.6 is 16.5 Å². The maximum absolute atomic E-state index is 9.99. The summed E-state index contributed by atoms with van der Waals surface area (Å²) in [5, 5.41) is 0. The van der Waals surface area contributed by atoms with E-state index in [1.807, 2.05) is 0 Å². The summed E-state index contributed by atoms with van der Waals surface area (Å²) >= 11 is 0. The van der Waals surface area contributed by atoms with Crippen molar-refractivity contribution in [2.45, 2.75) is 12.8 Å². The summed E-state index contributed by atoms with van der Waals surface area (Å²) in [4.78, 5) is 16.4. The van der Waals surface area contributed by atoms with E-state index in [9.17, 15) is 9.13 Å². The molecule has 0 aromatic carbocycles. The van der Waals surface area contributed by atoms with Gasteiger partial charge in [-0.05, 0) is 12.8 Å². The van der Waals surface area contributed by atoms with E-state index in [4.69, 9.17) is 9.79 Å². The fraction of sp³-hybridized carbons (Fsp3) is 0.667. The van der Waals surface area contributed by atoms with Gasteiger partial charge in [-0.2, -0.15) is 0 Å². The summed E-state index contributed by atoms with van der Waals surface area (Å²) in [6, 6.07) is 0. The Bertz CT molecular complexity index is 181. The van der Waals surface area contributed by atoms with Crippen molar-refractivity contribution in [2.24, 2.45) is 0 Å². The van der Waals surface area contributed by atoms with E-state index < -0.39 is 16.5 Å². The Morgan fingerprint density at radius 2 is 0.905 bits per heavy atom. The second kappa shape index (κ2) is 49.8. The van der Waals surface area contributed by atoms with E-state index in [-0.39, 0.29) is 173 Å². The van der Waals surface area contributed by atoms with Gasteiger partial charge in [0.05, 0.1) is 13.2 Å². The molecule has 0 radical (unpaired) electrons. The summed E-state index contributed by atoms with van der Waals surface area (Å²) in [5.74, 6) is 0. The quantitative estimate of drug-likeness (QED) is 0.173. The molecule has 0 rings (SSSR count). The summed E-state index contributed by atoms with van der Waals surface area (Å²) in [7, 11) is -5.67. The first-order chi connectivity index (χ1) is 6.63. The maximum atomic E-state index is 9.99. The van der Waals surface area contributed by atoms with Gasteiger partial charge in [0.25, 0.3) is 0 Å². The number of hydrogen-bond acceptors (Lipinski definition) is 6. The number of unbranched alkanes of at least 4 members (excludes halogenated alkanes) is 1. The molecule has 112 valence electrons. The van der Waals surface area contributed by atoms with Gasteiger partial charge >= 0.3 is 164 Å². The Balaban J connectivity index is -0.0000000219. The zero-order valence-corrected chi connectivity index (χ0v) is 11.2. The molecule has 0 aliphatic rings. The number of rotatable bonds is 7. The second-order valence-corrected chi connectivity index (χ2v) is 3.58. The molecule has 2 atom stereocenters. The zero-order valence-electron chi connectivity index (χ0n) is 9.18. The van der Waals surface area contributed by atoms with E-state index >= 15 is 0 Å². The third kappa shape index (κ3) is 67.5. The van der Waals surface area contributed by atoms with Gasteiger partial charge in [0.15, 0.2) is 0 Å². The van der Waals surface area contributed by atoms with Crippen LogP contribution in [-0.2, 0) is 18.2 Å². The molecule has 0 aromatic heterocycles. The minimum absolute atomic E-state index is 0. The summed E-state index contributed by atoms with van der Waals surface area (Å²) in [5.41, 5.74) is 0. The van der Waals surface area contributed by atoms with Gasteiger partial charge in [0, 0.05) is 0 Å². The van der Waals surface area contributed by atoms with Crippen LogP contribution in [0.2, 0.25) is 0 Å². The van der Waals surface area contributed by atoms with Gasteiger partial charge in [-0.1, -0.05) is 0 Å². The first-order valence-corrected chi connectivity index (χ1v) is 6.37. The van der Waals surface area contributed by atoms with Crippen LogP contribution in [0.3, 0.4) is 0 Å². The minimum atomic E-state index is -2.83. The van der Waals surface area contributed by atoms with Crippen LogP contribution in [0.1, 0.15) is 12.8 Å². The van der Waals surface area contributed by atoms with Crippen molar-refractivity contribution in [3.05, 3.63) is 13.2 Å². The Kier molecular flexibility index (Phi) is 133. The number of hydrogen-bond donors (Lipinski definition) is 4. The summed E-state index contributed by atoms with van der Waals surface area (Å²) in [6.07, 6.45) is 1.07. The second-order valence-electron chi connectivity index (χ2n) is 1.94. The van der Waals surface area contributed by atoms with Gasteiger partial charge < -0.3 is 31.1 Å². The van der Waals surface area contributed by atoms with Gasteiger partial charge in [-0.3, -0.25) is 9.13 Å². The molecule has 0 amide bonds. The Labute approximate surface area is 239 Å². The Hall–Kier alpha value is 4.96. The fourth-order valence-corrected chi connectivity index (χ4v) is 1.16. The summed E-state index contributed by atoms with van der Waals surface area (Å²) < 4.78 is 28.7. The molecule has 0 bridgehead atoms. The molecule has 15 heteroatoms. The molecule has 0 aliphatic heterocycles. The van der Waals surface area contributed by atoms with E-state index in [1.54, 1.807) is 0 Å². The van der Waals surface area contributed by atoms with Gasteiger partial charge in [0.1, 0.15) is 0 Å². The van der Waals surface area contributed by atoms with E-state index in [1.165, 1.54) is 0 Å².